The van der Waals surface area contributed by atoms with E-state index < -0.39 is 0 Å². The molecule has 6 nitrogen and oxygen atoms in total. The summed E-state index contributed by atoms with van der Waals surface area (Å²) in [5, 5.41) is 0. The molecule has 0 amide bonds. The largest absolute Gasteiger partial charge is 0.466 e. The lowest BCUT2D eigenvalue weighted by Crippen LogP contribution is -2.39. The number of carbonyl (C=O) groups is 2. The van der Waals surface area contributed by atoms with Crippen LogP contribution < -0.4 is 5.73 Å². The number of hydrogen-bond acceptors (Lipinski definition) is 6. The van der Waals surface area contributed by atoms with Gasteiger partial charge in [0.2, 0.25) is 0 Å². The van der Waals surface area contributed by atoms with E-state index in [1.54, 1.807) is 0 Å². The van der Waals surface area contributed by atoms with Gasteiger partial charge in [0, 0.05) is 32.0 Å². The van der Waals surface area contributed by atoms with E-state index in [0.717, 1.165) is 83.7 Å². The van der Waals surface area contributed by atoms with E-state index in [9.17, 15) is 9.59 Å². The first-order valence-corrected chi connectivity index (χ1v) is 22.3. The monoisotopic (exact) mass is 709 g/mol. The molecule has 0 radical (unpaired) electrons. The average Bonchev–Trinajstić information content (AvgIpc) is 3.11. The predicted octanol–water partition coefficient (Wildman–Crippen LogP) is 12.6. The molecule has 1 unspecified atom stereocenters. The molecule has 0 spiro atoms. The summed E-state index contributed by atoms with van der Waals surface area (Å²) in [7, 11) is 0. The number of nitrogens with zero attached hydrogens (tertiary/aromatic N) is 1. The minimum Gasteiger partial charge on any atom is -0.466 e. The number of hydrogen-bond donors (Lipinski definition) is 1. The highest BCUT2D eigenvalue weighted by atomic mass is 16.5. The van der Waals surface area contributed by atoms with Gasteiger partial charge in [-0.2, -0.15) is 0 Å². The van der Waals surface area contributed by atoms with Gasteiger partial charge in [0.25, 0.3) is 0 Å². The van der Waals surface area contributed by atoms with Crippen molar-refractivity contribution in [2.24, 2.45) is 5.73 Å². The third-order valence-corrected chi connectivity index (χ3v) is 10.4. The van der Waals surface area contributed by atoms with Crippen molar-refractivity contribution < 1.29 is 19.1 Å². The second-order valence-corrected chi connectivity index (χ2v) is 15.2. The smallest absolute Gasteiger partial charge is 0.306 e. The van der Waals surface area contributed by atoms with Crippen LogP contribution in [0.25, 0.3) is 0 Å². The molecular formula is C44H88N2O4. The standard InChI is InChI=1S/C44H88N2O4/c1-5-9-13-16-20-25-33-42(34-26-21-17-14-10-6-2)50-44(48)35-27-22-18-23-28-38-46(39-37-45)41(31-24-19-15-11-7-3)32-30-36-43(47)49-40-29-12-8-4/h41-42H,5-40,45H2,1-4H3. The Kier molecular flexibility index (Phi) is 38.2. The summed E-state index contributed by atoms with van der Waals surface area (Å²) in [6.45, 7) is 12.2. The van der Waals surface area contributed by atoms with Gasteiger partial charge in [-0.25, -0.2) is 0 Å². The van der Waals surface area contributed by atoms with Gasteiger partial charge in [-0.1, -0.05) is 156 Å². The zero-order valence-corrected chi connectivity index (χ0v) is 34.3. The van der Waals surface area contributed by atoms with Gasteiger partial charge < -0.3 is 15.2 Å². The van der Waals surface area contributed by atoms with Crippen LogP contribution in [0.5, 0.6) is 0 Å². The van der Waals surface area contributed by atoms with Gasteiger partial charge in [0.1, 0.15) is 6.10 Å². The van der Waals surface area contributed by atoms with E-state index in [1.807, 2.05) is 0 Å². The van der Waals surface area contributed by atoms with Crippen molar-refractivity contribution in [2.45, 2.75) is 245 Å². The first-order valence-electron chi connectivity index (χ1n) is 22.3. The summed E-state index contributed by atoms with van der Waals surface area (Å²) in [5.74, 6) is -0.0177. The molecule has 2 N–H and O–H groups in total. The summed E-state index contributed by atoms with van der Waals surface area (Å²) in [4.78, 5) is 27.7. The van der Waals surface area contributed by atoms with Crippen molar-refractivity contribution >= 4 is 11.9 Å². The van der Waals surface area contributed by atoms with E-state index in [1.165, 1.54) is 122 Å². The van der Waals surface area contributed by atoms with Crippen LogP contribution in [0.15, 0.2) is 0 Å². The number of nitrogens with two attached hydrogens (primary N) is 1. The Bertz CT molecular complexity index is 702. The van der Waals surface area contributed by atoms with Crippen LogP contribution in [0.1, 0.15) is 233 Å². The van der Waals surface area contributed by atoms with Crippen LogP contribution in [0.3, 0.4) is 0 Å². The molecule has 298 valence electrons. The minimum atomic E-state index is -0.0387. The van der Waals surface area contributed by atoms with Crippen LogP contribution in [-0.2, 0) is 19.1 Å². The fourth-order valence-electron chi connectivity index (χ4n) is 7.15. The average molecular weight is 709 g/mol. The fourth-order valence-corrected chi connectivity index (χ4v) is 7.15. The molecule has 0 aromatic rings. The van der Waals surface area contributed by atoms with Gasteiger partial charge >= 0.3 is 11.9 Å². The lowest BCUT2D eigenvalue weighted by Gasteiger charge is -2.32. The van der Waals surface area contributed by atoms with Crippen LogP contribution in [-0.4, -0.2) is 55.2 Å². The first-order chi connectivity index (χ1) is 24.5. The van der Waals surface area contributed by atoms with Crippen LogP contribution >= 0.6 is 0 Å². The zero-order valence-electron chi connectivity index (χ0n) is 34.3. The van der Waals surface area contributed by atoms with Crippen LogP contribution in [0.2, 0.25) is 0 Å². The van der Waals surface area contributed by atoms with Gasteiger partial charge in [-0.05, 0) is 70.8 Å². The minimum absolute atomic E-state index is 0.0210. The topological polar surface area (TPSA) is 81.9 Å². The molecule has 0 saturated carbocycles. The van der Waals surface area contributed by atoms with Crippen molar-refractivity contribution in [1.29, 1.82) is 0 Å². The van der Waals surface area contributed by atoms with Gasteiger partial charge in [0.15, 0.2) is 0 Å². The van der Waals surface area contributed by atoms with Crippen molar-refractivity contribution in [1.82, 2.24) is 4.90 Å². The molecule has 0 saturated heterocycles. The normalized spacial score (nSPS) is 12.2. The zero-order chi connectivity index (χ0) is 36.8. The summed E-state index contributed by atoms with van der Waals surface area (Å²) in [6.07, 6.45) is 37.0. The Balaban J connectivity index is 4.60. The number of ether oxygens (including phenoxy) is 2. The fraction of sp³-hybridized carbons (Fsp3) is 0.955. The maximum atomic E-state index is 12.8. The molecule has 0 fully saturated rings. The maximum absolute atomic E-state index is 12.8. The Morgan fingerprint density at radius 2 is 0.920 bits per heavy atom. The number of esters is 2. The Labute approximate surface area is 312 Å². The van der Waals surface area contributed by atoms with E-state index in [-0.39, 0.29) is 18.0 Å². The third-order valence-electron chi connectivity index (χ3n) is 10.4. The third kappa shape index (κ3) is 32.7. The Hall–Kier alpha value is -1.14. The molecule has 50 heavy (non-hydrogen) atoms. The highest BCUT2D eigenvalue weighted by Gasteiger charge is 2.19. The van der Waals surface area contributed by atoms with Crippen LogP contribution in [0, 0.1) is 0 Å². The maximum Gasteiger partial charge on any atom is 0.306 e. The summed E-state index contributed by atoms with van der Waals surface area (Å²) >= 11 is 0. The molecule has 0 aliphatic rings. The molecule has 0 aliphatic heterocycles. The second kappa shape index (κ2) is 39.1. The molecular weight excluding hydrogens is 620 g/mol. The van der Waals surface area contributed by atoms with Gasteiger partial charge in [-0.15, -0.1) is 0 Å². The molecule has 0 aromatic heterocycles. The number of unbranched alkanes of at least 4 members (excludes halogenated alkanes) is 20. The highest BCUT2D eigenvalue weighted by Crippen LogP contribution is 2.20. The SMILES string of the molecule is CCCCCCCCC(CCCCCCCC)OC(=O)CCCCCCCN(CCN)C(CCCCCCC)CCCC(=O)OCCCCC. The number of carbonyl (C=O) groups excluding carboxylic acids is 2. The molecule has 0 aliphatic carbocycles. The lowest BCUT2D eigenvalue weighted by atomic mass is 9.99. The van der Waals surface area contributed by atoms with Crippen molar-refractivity contribution in [2.75, 3.05) is 26.2 Å². The van der Waals surface area contributed by atoms with Crippen molar-refractivity contribution in [3.63, 3.8) is 0 Å². The molecule has 0 bridgehead atoms. The summed E-state index contributed by atoms with van der Waals surface area (Å²) in [6, 6.07) is 0.489. The molecule has 0 rings (SSSR count). The van der Waals surface area contributed by atoms with E-state index in [2.05, 4.69) is 32.6 Å². The summed E-state index contributed by atoms with van der Waals surface area (Å²) in [5.41, 5.74) is 6.09. The first kappa shape index (κ1) is 48.9. The van der Waals surface area contributed by atoms with E-state index in [4.69, 9.17) is 15.2 Å². The van der Waals surface area contributed by atoms with Crippen molar-refractivity contribution in [3.05, 3.63) is 0 Å². The Morgan fingerprint density at radius 3 is 1.48 bits per heavy atom. The molecule has 0 heterocycles. The van der Waals surface area contributed by atoms with E-state index >= 15 is 0 Å². The Morgan fingerprint density at radius 1 is 0.480 bits per heavy atom. The van der Waals surface area contributed by atoms with Crippen LogP contribution in [0.4, 0.5) is 0 Å². The van der Waals surface area contributed by atoms with E-state index in [0.29, 0.717) is 32.0 Å². The lowest BCUT2D eigenvalue weighted by molar-refractivity contribution is -0.150. The predicted molar refractivity (Wildman–Crippen MR) is 216 cm³/mol. The molecule has 1 atom stereocenters. The highest BCUT2D eigenvalue weighted by molar-refractivity contribution is 5.69. The van der Waals surface area contributed by atoms with Crippen molar-refractivity contribution in [3.8, 4) is 0 Å². The number of rotatable bonds is 40. The molecule has 6 heteroatoms. The quantitative estimate of drug-likeness (QED) is 0.0504. The van der Waals surface area contributed by atoms with Gasteiger partial charge in [0.05, 0.1) is 6.61 Å². The van der Waals surface area contributed by atoms with Gasteiger partial charge in [-0.3, -0.25) is 14.5 Å². The molecule has 0 aromatic carbocycles. The summed E-state index contributed by atoms with van der Waals surface area (Å²) < 4.78 is 11.5. The second-order valence-electron chi connectivity index (χ2n) is 15.2.